The van der Waals surface area contributed by atoms with Gasteiger partial charge in [-0.1, -0.05) is 18.6 Å². The van der Waals surface area contributed by atoms with E-state index in [0.29, 0.717) is 17.8 Å². The van der Waals surface area contributed by atoms with Crippen molar-refractivity contribution in [3.63, 3.8) is 0 Å². The molecule has 29 heavy (non-hydrogen) atoms. The molecule has 8 heteroatoms. The van der Waals surface area contributed by atoms with Crippen molar-refractivity contribution in [3.8, 4) is 5.75 Å². The van der Waals surface area contributed by atoms with Crippen LogP contribution in [-0.2, 0) is 14.8 Å². The number of rotatable bonds is 7. The Kier molecular flexibility index (Phi) is 6.76. The first-order chi connectivity index (χ1) is 13.8. The number of nitrogens with zero attached hydrogens (tertiary/aromatic N) is 1. The minimum atomic E-state index is -3.96. The van der Waals surface area contributed by atoms with Crippen molar-refractivity contribution >= 4 is 27.3 Å². The first kappa shape index (κ1) is 21.1. The van der Waals surface area contributed by atoms with E-state index in [4.69, 9.17) is 0 Å². The Labute approximate surface area is 171 Å². The smallest absolute Gasteiger partial charge is 0.265 e. The summed E-state index contributed by atoms with van der Waals surface area (Å²) in [6.07, 6.45) is 4.01. The molecule has 0 radical (unpaired) electrons. The molecule has 1 aliphatic rings. The van der Waals surface area contributed by atoms with Crippen molar-refractivity contribution in [3.05, 3.63) is 48.0 Å². The maximum absolute atomic E-state index is 12.6. The molecule has 0 aliphatic carbocycles. The second-order valence-corrected chi connectivity index (χ2v) is 9.01. The number of hydrogen-bond acceptors (Lipinski definition) is 5. The molecule has 0 bridgehead atoms. The highest BCUT2D eigenvalue weighted by molar-refractivity contribution is 7.92. The van der Waals surface area contributed by atoms with Crippen LogP contribution >= 0.6 is 0 Å². The van der Waals surface area contributed by atoms with Gasteiger partial charge in [-0.3, -0.25) is 9.52 Å². The van der Waals surface area contributed by atoms with Gasteiger partial charge in [-0.25, -0.2) is 8.42 Å². The molecule has 0 aromatic heterocycles. The maximum Gasteiger partial charge on any atom is 0.265 e. The van der Waals surface area contributed by atoms with Gasteiger partial charge in [0.25, 0.3) is 10.0 Å². The molecule has 0 spiro atoms. The van der Waals surface area contributed by atoms with E-state index < -0.39 is 10.0 Å². The summed E-state index contributed by atoms with van der Waals surface area (Å²) in [6.45, 7) is 4.55. The highest BCUT2D eigenvalue weighted by atomic mass is 32.2. The first-order valence-electron chi connectivity index (χ1n) is 9.78. The average Bonchev–Trinajstić information content (AvgIpc) is 2.69. The number of aryl methyl sites for hydroxylation is 1. The molecule has 0 unspecified atom stereocenters. The number of benzene rings is 2. The third-order valence-electron chi connectivity index (χ3n) is 4.91. The third-order valence-corrected chi connectivity index (χ3v) is 6.32. The lowest BCUT2D eigenvalue weighted by Gasteiger charge is -2.25. The highest BCUT2D eigenvalue weighted by Gasteiger charge is 2.19. The van der Waals surface area contributed by atoms with Gasteiger partial charge in [0.1, 0.15) is 10.6 Å². The summed E-state index contributed by atoms with van der Waals surface area (Å²) in [6, 6.07) is 10.9. The molecule has 0 saturated carbocycles. The molecule has 2 aromatic carbocycles. The van der Waals surface area contributed by atoms with Crippen molar-refractivity contribution in [2.75, 3.05) is 29.7 Å². The van der Waals surface area contributed by atoms with Gasteiger partial charge in [-0.15, -0.1) is 0 Å². The molecule has 1 aliphatic heterocycles. The van der Waals surface area contributed by atoms with Gasteiger partial charge in [0.05, 0.1) is 5.69 Å². The number of sulfonamides is 1. The van der Waals surface area contributed by atoms with Crippen molar-refractivity contribution in [2.24, 2.45) is 0 Å². The standard InChI is InChI=1S/C21H27N3O4S/c1-16-8-9-19(25)20(14-16)29(27,28)23-18-7-5-6-17(15-18)22-21(26)10-13-24-11-3-2-4-12-24/h5-9,14-15,23,25H,2-4,10-13H2,1H3,(H,22,26). The van der Waals surface area contributed by atoms with Gasteiger partial charge in [0.2, 0.25) is 5.91 Å². The van der Waals surface area contributed by atoms with E-state index in [0.717, 1.165) is 25.2 Å². The molecule has 7 nitrogen and oxygen atoms in total. The van der Waals surface area contributed by atoms with Crippen LogP contribution in [0, 0.1) is 6.92 Å². The Morgan fingerprint density at radius 3 is 2.55 bits per heavy atom. The summed E-state index contributed by atoms with van der Waals surface area (Å²) in [4.78, 5) is 14.4. The predicted octanol–water partition coefficient (Wildman–Crippen LogP) is 3.32. The van der Waals surface area contributed by atoms with E-state index in [2.05, 4.69) is 14.9 Å². The Morgan fingerprint density at radius 1 is 1.07 bits per heavy atom. The monoisotopic (exact) mass is 417 g/mol. The summed E-state index contributed by atoms with van der Waals surface area (Å²) in [5, 5.41) is 12.7. The van der Waals surface area contributed by atoms with Crippen molar-refractivity contribution in [1.29, 1.82) is 0 Å². The van der Waals surface area contributed by atoms with Crippen LogP contribution in [0.15, 0.2) is 47.4 Å². The fourth-order valence-electron chi connectivity index (χ4n) is 3.37. The zero-order valence-corrected chi connectivity index (χ0v) is 17.3. The van der Waals surface area contributed by atoms with Gasteiger partial charge in [-0.2, -0.15) is 0 Å². The van der Waals surface area contributed by atoms with Gasteiger partial charge in [0.15, 0.2) is 0 Å². The second kappa shape index (κ2) is 9.28. The van der Waals surface area contributed by atoms with Gasteiger partial charge < -0.3 is 15.3 Å². The number of phenols is 1. The molecule has 3 N–H and O–H groups in total. The van der Waals surface area contributed by atoms with Crippen LogP contribution in [0.3, 0.4) is 0 Å². The molecule has 3 rings (SSSR count). The number of hydrogen-bond donors (Lipinski definition) is 3. The maximum atomic E-state index is 12.6. The van der Waals surface area contributed by atoms with Crippen LogP contribution in [0.4, 0.5) is 11.4 Å². The molecule has 1 heterocycles. The fourth-order valence-corrected chi connectivity index (χ4v) is 4.60. The third kappa shape index (κ3) is 5.95. The minimum absolute atomic E-state index is 0.105. The van der Waals surface area contributed by atoms with E-state index in [-0.39, 0.29) is 16.6 Å². The summed E-state index contributed by atoms with van der Waals surface area (Å²) in [5.41, 5.74) is 1.54. The second-order valence-electron chi connectivity index (χ2n) is 7.36. The molecular weight excluding hydrogens is 390 g/mol. The van der Waals surface area contributed by atoms with Crippen LogP contribution in [0.1, 0.15) is 31.2 Å². The quantitative estimate of drug-likeness (QED) is 0.642. The number of phenolic OH excluding ortho intramolecular Hbond substituents is 1. The minimum Gasteiger partial charge on any atom is -0.507 e. The first-order valence-corrected chi connectivity index (χ1v) is 11.3. The van der Waals surface area contributed by atoms with Crippen LogP contribution in [0.25, 0.3) is 0 Å². The lowest BCUT2D eigenvalue weighted by atomic mass is 10.1. The molecular formula is C21H27N3O4S. The van der Waals surface area contributed by atoms with E-state index in [1.807, 2.05) is 0 Å². The highest BCUT2D eigenvalue weighted by Crippen LogP contribution is 2.26. The number of anilines is 2. The van der Waals surface area contributed by atoms with Crippen molar-refractivity contribution in [2.45, 2.75) is 37.5 Å². The van der Waals surface area contributed by atoms with E-state index in [9.17, 15) is 18.3 Å². The zero-order chi connectivity index (χ0) is 20.9. The Morgan fingerprint density at radius 2 is 1.79 bits per heavy atom. The summed E-state index contributed by atoms with van der Waals surface area (Å²) >= 11 is 0. The molecule has 156 valence electrons. The summed E-state index contributed by atoms with van der Waals surface area (Å²) < 4.78 is 27.7. The Balaban J connectivity index is 1.63. The molecule has 1 fully saturated rings. The lowest BCUT2D eigenvalue weighted by Crippen LogP contribution is -2.32. The number of carbonyl (C=O) groups is 1. The Bertz CT molecular complexity index is 970. The number of likely N-dealkylation sites (tertiary alicyclic amines) is 1. The van der Waals surface area contributed by atoms with Crippen LogP contribution < -0.4 is 10.0 Å². The van der Waals surface area contributed by atoms with Crippen LogP contribution in [-0.4, -0.2) is 44.0 Å². The molecule has 1 saturated heterocycles. The largest absolute Gasteiger partial charge is 0.507 e. The average molecular weight is 418 g/mol. The van der Waals surface area contributed by atoms with E-state index >= 15 is 0 Å². The SMILES string of the molecule is Cc1ccc(O)c(S(=O)(=O)Nc2cccc(NC(=O)CCN3CCCCC3)c2)c1. The van der Waals surface area contributed by atoms with Crippen LogP contribution in [0.2, 0.25) is 0 Å². The van der Waals surface area contributed by atoms with E-state index in [1.54, 1.807) is 37.3 Å². The zero-order valence-electron chi connectivity index (χ0n) is 16.5. The fraction of sp³-hybridized carbons (Fsp3) is 0.381. The molecule has 2 aromatic rings. The topological polar surface area (TPSA) is 98.7 Å². The lowest BCUT2D eigenvalue weighted by molar-refractivity contribution is -0.116. The molecule has 0 atom stereocenters. The number of aromatic hydroxyl groups is 1. The predicted molar refractivity (Wildman–Crippen MR) is 114 cm³/mol. The number of nitrogens with one attached hydrogen (secondary N) is 2. The summed E-state index contributed by atoms with van der Waals surface area (Å²) in [5.74, 6) is -0.419. The normalized spacial score (nSPS) is 15.1. The van der Waals surface area contributed by atoms with Gasteiger partial charge in [-0.05, 0) is 68.8 Å². The number of piperidine rings is 1. The summed E-state index contributed by atoms with van der Waals surface area (Å²) in [7, 11) is -3.96. The van der Waals surface area contributed by atoms with Crippen molar-refractivity contribution < 1.29 is 18.3 Å². The number of amides is 1. The van der Waals surface area contributed by atoms with Gasteiger partial charge in [0, 0.05) is 18.7 Å². The molecule has 1 amide bonds. The van der Waals surface area contributed by atoms with E-state index in [1.165, 1.54) is 31.4 Å². The number of carbonyl (C=O) groups excluding carboxylic acids is 1. The van der Waals surface area contributed by atoms with Crippen molar-refractivity contribution in [1.82, 2.24) is 4.90 Å². The van der Waals surface area contributed by atoms with Gasteiger partial charge >= 0.3 is 0 Å². The Hall–Kier alpha value is -2.58. The van der Waals surface area contributed by atoms with Crippen LogP contribution in [0.5, 0.6) is 5.75 Å².